The van der Waals surface area contributed by atoms with Crippen LogP contribution in [-0.2, 0) is 6.61 Å². The maximum atomic E-state index is 12.8. The fraction of sp³-hybridized carbons (Fsp3) is 0.172. The van der Waals surface area contributed by atoms with Crippen molar-refractivity contribution in [3.63, 3.8) is 0 Å². The first-order valence-electron chi connectivity index (χ1n) is 11.8. The molecule has 0 saturated carbocycles. The van der Waals surface area contributed by atoms with Crippen molar-refractivity contribution in [3.8, 4) is 17.2 Å². The number of aryl methyl sites for hydroxylation is 2. The second kappa shape index (κ2) is 11.0. The van der Waals surface area contributed by atoms with Gasteiger partial charge in [0.05, 0.1) is 16.7 Å². The molecule has 1 heterocycles. The first-order chi connectivity index (χ1) is 18.1. The number of nitrogens with one attached hydrogen (secondary N) is 1. The largest absolute Gasteiger partial charge is 0.486 e. The van der Waals surface area contributed by atoms with Gasteiger partial charge in [0.25, 0.3) is 11.6 Å². The summed E-state index contributed by atoms with van der Waals surface area (Å²) >= 11 is 0. The number of carbonyl (C=O) groups excluding carboxylic acids is 2. The van der Waals surface area contributed by atoms with Gasteiger partial charge in [0.1, 0.15) is 29.6 Å². The van der Waals surface area contributed by atoms with Gasteiger partial charge in [0.2, 0.25) is 0 Å². The Kier molecular flexibility index (Phi) is 7.57. The number of ether oxygens (including phenoxy) is 2. The van der Waals surface area contributed by atoms with Crippen molar-refractivity contribution in [2.75, 3.05) is 5.32 Å². The van der Waals surface area contributed by atoms with Crippen molar-refractivity contribution >= 4 is 23.1 Å². The van der Waals surface area contributed by atoms with Crippen molar-refractivity contribution in [1.29, 1.82) is 0 Å². The Bertz CT molecular complexity index is 1520. The lowest BCUT2D eigenvalue weighted by molar-refractivity contribution is -0.384. The average molecular weight is 515 g/mol. The van der Waals surface area contributed by atoms with Crippen LogP contribution in [0.3, 0.4) is 0 Å². The number of non-ortho nitro benzene ring substituents is 1. The minimum Gasteiger partial charge on any atom is -0.486 e. The molecule has 38 heavy (non-hydrogen) atoms. The van der Waals surface area contributed by atoms with Crippen molar-refractivity contribution < 1.29 is 28.4 Å². The van der Waals surface area contributed by atoms with E-state index in [1.807, 2.05) is 32.9 Å². The fourth-order valence-electron chi connectivity index (χ4n) is 3.76. The summed E-state index contributed by atoms with van der Waals surface area (Å²) in [6.45, 7) is 7.35. The fourth-order valence-corrected chi connectivity index (χ4v) is 3.76. The molecule has 0 saturated heterocycles. The number of Topliss-reactive ketones (excluding diaryl/α,β-unsaturated/α-hetero) is 1. The Hall–Kier alpha value is -4.92. The Morgan fingerprint density at radius 3 is 2.37 bits per heavy atom. The van der Waals surface area contributed by atoms with E-state index >= 15 is 0 Å². The molecular formula is C29H26N2O7. The number of benzene rings is 3. The van der Waals surface area contributed by atoms with Crippen molar-refractivity contribution in [3.05, 3.63) is 111 Å². The maximum Gasteiger partial charge on any atom is 0.291 e. The molecule has 0 aliphatic carbocycles. The SMILES string of the molecule is CC(=O)c1ccc(OCc2ccc(C(=O)Nc3cc(Oc4cc(C)cc(C)c4C)cc([N+](=O)[O-])c3)o2)cc1. The topological polar surface area (TPSA) is 121 Å². The summed E-state index contributed by atoms with van der Waals surface area (Å²) in [7, 11) is 0. The summed E-state index contributed by atoms with van der Waals surface area (Å²) in [6, 6.07) is 17.7. The zero-order chi connectivity index (χ0) is 27.4. The van der Waals surface area contributed by atoms with Gasteiger partial charge in [-0.05, 0) is 86.8 Å². The molecule has 194 valence electrons. The van der Waals surface area contributed by atoms with Gasteiger partial charge in [-0.3, -0.25) is 19.7 Å². The number of hydrogen-bond acceptors (Lipinski definition) is 7. The highest BCUT2D eigenvalue weighted by molar-refractivity contribution is 6.02. The van der Waals surface area contributed by atoms with Crippen LogP contribution < -0.4 is 14.8 Å². The Balaban J connectivity index is 1.47. The van der Waals surface area contributed by atoms with Crippen LogP contribution in [0.1, 0.15) is 50.3 Å². The third-order valence-corrected chi connectivity index (χ3v) is 5.88. The van der Waals surface area contributed by atoms with Crippen LogP contribution in [0.4, 0.5) is 11.4 Å². The highest BCUT2D eigenvalue weighted by atomic mass is 16.6. The molecule has 0 bridgehead atoms. The molecule has 1 aromatic heterocycles. The standard InChI is InChI=1S/C29H26N2O7/c1-17-11-18(2)19(3)28(12-17)38-26-14-22(13-23(15-26)31(34)35)30-29(33)27-10-9-25(37-27)16-36-24-7-5-21(6-8-24)20(4)32/h5-15H,16H2,1-4H3,(H,30,33). The van der Waals surface area contributed by atoms with Crippen LogP contribution in [0.2, 0.25) is 0 Å². The Morgan fingerprint density at radius 2 is 1.68 bits per heavy atom. The molecule has 1 amide bonds. The molecule has 9 heteroatoms. The minimum absolute atomic E-state index is 0.00894. The van der Waals surface area contributed by atoms with E-state index in [-0.39, 0.29) is 35.3 Å². The number of nitro groups is 1. The van der Waals surface area contributed by atoms with E-state index in [9.17, 15) is 19.7 Å². The Morgan fingerprint density at radius 1 is 0.947 bits per heavy atom. The normalized spacial score (nSPS) is 10.6. The van der Waals surface area contributed by atoms with Gasteiger partial charge >= 0.3 is 0 Å². The number of furan rings is 1. The highest BCUT2D eigenvalue weighted by Gasteiger charge is 2.17. The number of hydrogen-bond donors (Lipinski definition) is 1. The summed E-state index contributed by atoms with van der Waals surface area (Å²) in [5.41, 5.74) is 3.46. The molecule has 0 aliphatic rings. The molecule has 4 rings (SSSR count). The van der Waals surface area contributed by atoms with Crippen molar-refractivity contribution in [2.24, 2.45) is 0 Å². The monoisotopic (exact) mass is 514 g/mol. The van der Waals surface area contributed by atoms with E-state index in [0.717, 1.165) is 16.7 Å². The first kappa shape index (κ1) is 26.2. The lowest BCUT2D eigenvalue weighted by Gasteiger charge is -2.13. The van der Waals surface area contributed by atoms with Gasteiger partial charge < -0.3 is 19.2 Å². The molecule has 3 aromatic carbocycles. The zero-order valence-corrected chi connectivity index (χ0v) is 21.4. The summed E-state index contributed by atoms with van der Waals surface area (Å²) in [5, 5.41) is 14.2. The van der Waals surface area contributed by atoms with Gasteiger partial charge in [-0.15, -0.1) is 0 Å². The smallest absolute Gasteiger partial charge is 0.291 e. The summed E-state index contributed by atoms with van der Waals surface area (Å²) < 4.78 is 17.2. The number of carbonyl (C=O) groups is 2. The number of nitrogens with zero attached hydrogens (tertiary/aromatic N) is 1. The van der Waals surface area contributed by atoms with Gasteiger partial charge in [0.15, 0.2) is 11.5 Å². The van der Waals surface area contributed by atoms with Crippen molar-refractivity contribution in [2.45, 2.75) is 34.3 Å². The quantitative estimate of drug-likeness (QED) is 0.146. The molecule has 0 unspecified atom stereocenters. The Labute approximate surface area is 219 Å². The number of ketones is 1. The van der Waals surface area contributed by atoms with Crippen LogP contribution in [0, 0.1) is 30.9 Å². The molecule has 0 spiro atoms. The van der Waals surface area contributed by atoms with Crippen LogP contribution in [-0.4, -0.2) is 16.6 Å². The molecule has 0 fully saturated rings. The number of amides is 1. The minimum atomic E-state index is -0.587. The molecule has 1 N–H and O–H groups in total. The molecule has 9 nitrogen and oxygen atoms in total. The summed E-state index contributed by atoms with van der Waals surface area (Å²) in [5.74, 6) is 1.12. The van der Waals surface area contributed by atoms with Gasteiger partial charge in [-0.1, -0.05) is 6.07 Å². The van der Waals surface area contributed by atoms with E-state index in [0.29, 0.717) is 22.8 Å². The number of anilines is 1. The molecule has 0 radical (unpaired) electrons. The van der Waals surface area contributed by atoms with E-state index in [1.54, 1.807) is 30.3 Å². The average Bonchev–Trinajstić information content (AvgIpc) is 3.35. The van der Waals surface area contributed by atoms with Crippen LogP contribution in [0.25, 0.3) is 0 Å². The highest BCUT2D eigenvalue weighted by Crippen LogP contribution is 2.33. The van der Waals surface area contributed by atoms with E-state index in [4.69, 9.17) is 13.9 Å². The van der Waals surface area contributed by atoms with Crippen LogP contribution in [0.15, 0.2) is 71.1 Å². The summed E-state index contributed by atoms with van der Waals surface area (Å²) in [4.78, 5) is 35.2. The van der Waals surface area contributed by atoms with Gasteiger partial charge in [-0.25, -0.2) is 0 Å². The van der Waals surface area contributed by atoms with E-state index in [1.165, 1.54) is 31.2 Å². The third-order valence-electron chi connectivity index (χ3n) is 5.88. The maximum absolute atomic E-state index is 12.8. The van der Waals surface area contributed by atoms with Gasteiger partial charge in [-0.2, -0.15) is 0 Å². The van der Waals surface area contributed by atoms with E-state index < -0.39 is 10.8 Å². The number of rotatable bonds is 9. The van der Waals surface area contributed by atoms with Crippen LogP contribution >= 0.6 is 0 Å². The van der Waals surface area contributed by atoms with Crippen LogP contribution in [0.5, 0.6) is 17.2 Å². The third kappa shape index (κ3) is 6.25. The molecule has 4 aromatic rings. The zero-order valence-electron chi connectivity index (χ0n) is 21.4. The lowest BCUT2D eigenvalue weighted by Crippen LogP contribution is -2.11. The predicted molar refractivity (Wildman–Crippen MR) is 141 cm³/mol. The molecule has 0 aliphatic heterocycles. The predicted octanol–water partition coefficient (Wildman–Crippen LogP) is 6.94. The first-order valence-corrected chi connectivity index (χ1v) is 11.8. The summed E-state index contributed by atoms with van der Waals surface area (Å²) in [6.07, 6.45) is 0. The molecular weight excluding hydrogens is 488 g/mol. The second-order valence-electron chi connectivity index (χ2n) is 8.87. The van der Waals surface area contributed by atoms with Gasteiger partial charge in [0, 0.05) is 17.7 Å². The van der Waals surface area contributed by atoms with Crippen molar-refractivity contribution in [1.82, 2.24) is 0 Å². The molecule has 0 atom stereocenters. The van der Waals surface area contributed by atoms with E-state index in [2.05, 4.69) is 5.32 Å². The second-order valence-corrected chi connectivity index (χ2v) is 8.87. The number of nitro benzene ring substituents is 1. The lowest BCUT2D eigenvalue weighted by atomic mass is 10.1.